The summed E-state index contributed by atoms with van der Waals surface area (Å²) in [6.45, 7) is 5.41. The number of amides is 1. The van der Waals surface area contributed by atoms with Crippen LogP contribution in [0.5, 0.6) is 0 Å². The summed E-state index contributed by atoms with van der Waals surface area (Å²) < 4.78 is 5.55. The van der Waals surface area contributed by atoms with Gasteiger partial charge in [0.2, 0.25) is 5.91 Å². The number of nitrogens with one attached hydrogen (secondary N) is 1. The monoisotopic (exact) mass is 306 g/mol. The zero-order valence-electron chi connectivity index (χ0n) is 13.2. The summed E-state index contributed by atoms with van der Waals surface area (Å²) in [5, 5.41) is 13.2. The van der Waals surface area contributed by atoms with Gasteiger partial charge < -0.3 is 15.2 Å². The Bertz CT molecular complexity index is 452. The predicted octanol–water partition coefficient (Wildman–Crippen LogP) is 1.34. The predicted molar refractivity (Wildman–Crippen MR) is 85.5 cm³/mol. The molecule has 1 fully saturated rings. The summed E-state index contributed by atoms with van der Waals surface area (Å²) in [5.74, 6) is 0.0800. The first-order valence-corrected chi connectivity index (χ1v) is 8.02. The molecule has 22 heavy (non-hydrogen) atoms. The minimum atomic E-state index is -0.500. The molecule has 2 rings (SSSR count). The molecular formula is C17H26N2O3. The third-order valence-corrected chi connectivity index (χ3v) is 4.03. The van der Waals surface area contributed by atoms with Crippen molar-refractivity contribution in [1.82, 2.24) is 10.2 Å². The van der Waals surface area contributed by atoms with Gasteiger partial charge in [0, 0.05) is 32.1 Å². The maximum Gasteiger partial charge on any atom is 0.221 e. The van der Waals surface area contributed by atoms with Gasteiger partial charge >= 0.3 is 0 Å². The number of ether oxygens (including phenoxy) is 1. The lowest BCUT2D eigenvalue weighted by Crippen LogP contribution is -2.47. The fraction of sp³-hybridized carbons (Fsp3) is 0.588. The minimum absolute atomic E-state index is 0.0800. The van der Waals surface area contributed by atoms with Gasteiger partial charge in [-0.1, -0.05) is 30.3 Å². The number of benzene rings is 1. The highest BCUT2D eigenvalue weighted by Gasteiger charge is 2.26. The number of rotatable bonds is 7. The second kappa shape index (κ2) is 8.88. The first-order chi connectivity index (χ1) is 10.7. The molecule has 0 aromatic heterocycles. The largest absolute Gasteiger partial charge is 0.388 e. The van der Waals surface area contributed by atoms with Crippen molar-refractivity contribution in [2.75, 3.05) is 32.8 Å². The average molecular weight is 306 g/mol. The summed E-state index contributed by atoms with van der Waals surface area (Å²) >= 11 is 0. The van der Waals surface area contributed by atoms with Crippen LogP contribution in [0.4, 0.5) is 0 Å². The summed E-state index contributed by atoms with van der Waals surface area (Å²) in [6, 6.07) is 9.84. The molecule has 2 atom stereocenters. The molecular weight excluding hydrogens is 280 g/mol. The van der Waals surface area contributed by atoms with Crippen LogP contribution in [0.1, 0.15) is 31.4 Å². The number of nitrogens with zero attached hydrogens (tertiary/aromatic N) is 1. The fourth-order valence-corrected chi connectivity index (χ4v) is 2.80. The van der Waals surface area contributed by atoms with Crippen LogP contribution in [-0.2, 0) is 9.53 Å². The molecule has 1 amide bonds. The van der Waals surface area contributed by atoms with Crippen molar-refractivity contribution < 1.29 is 14.6 Å². The highest BCUT2D eigenvalue weighted by molar-refractivity contribution is 5.75. The van der Waals surface area contributed by atoms with Gasteiger partial charge in [-0.05, 0) is 18.9 Å². The molecule has 0 bridgehead atoms. The van der Waals surface area contributed by atoms with Crippen molar-refractivity contribution in [3.63, 3.8) is 0 Å². The van der Waals surface area contributed by atoms with E-state index in [-0.39, 0.29) is 11.9 Å². The lowest BCUT2D eigenvalue weighted by molar-refractivity contribution is -0.122. The van der Waals surface area contributed by atoms with Crippen LogP contribution in [0.3, 0.4) is 0 Å². The van der Waals surface area contributed by atoms with Gasteiger partial charge in [0.25, 0.3) is 0 Å². The van der Waals surface area contributed by atoms with Crippen molar-refractivity contribution in [3.8, 4) is 0 Å². The molecule has 1 saturated heterocycles. The maximum atomic E-state index is 11.6. The molecule has 5 nitrogen and oxygen atoms in total. The lowest BCUT2D eigenvalue weighted by Gasteiger charge is -2.36. The second-order valence-electron chi connectivity index (χ2n) is 5.63. The summed E-state index contributed by atoms with van der Waals surface area (Å²) in [7, 11) is 0. The smallest absolute Gasteiger partial charge is 0.221 e. The Morgan fingerprint density at radius 1 is 1.45 bits per heavy atom. The Labute approximate surface area is 132 Å². The Morgan fingerprint density at radius 3 is 2.95 bits per heavy atom. The Hall–Kier alpha value is -1.43. The average Bonchev–Trinajstić information content (AvgIpc) is 2.55. The van der Waals surface area contributed by atoms with E-state index in [1.165, 1.54) is 0 Å². The number of hydrogen-bond donors (Lipinski definition) is 2. The first-order valence-electron chi connectivity index (χ1n) is 8.02. The number of carbonyl (C=O) groups is 1. The normalized spacial score (nSPS) is 20.5. The van der Waals surface area contributed by atoms with E-state index in [1.807, 2.05) is 37.3 Å². The standard InChI is InChI=1S/C17H26N2O3/c1-2-18-17(21)8-9-19-10-11-22-13-15(19)12-16(20)14-6-4-3-5-7-14/h3-7,15-16,20H,2,8-13H2,1H3,(H,18,21). The number of carbonyl (C=O) groups excluding carboxylic acids is 1. The molecule has 0 spiro atoms. The number of hydrogen-bond acceptors (Lipinski definition) is 4. The van der Waals surface area contributed by atoms with E-state index in [0.29, 0.717) is 39.1 Å². The molecule has 1 heterocycles. The van der Waals surface area contributed by atoms with Gasteiger partial charge in [-0.3, -0.25) is 9.69 Å². The van der Waals surface area contributed by atoms with E-state index >= 15 is 0 Å². The quantitative estimate of drug-likeness (QED) is 0.798. The molecule has 2 N–H and O–H groups in total. The van der Waals surface area contributed by atoms with Crippen LogP contribution in [-0.4, -0.2) is 54.8 Å². The van der Waals surface area contributed by atoms with Gasteiger partial charge in [-0.15, -0.1) is 0 Å². The van der Waals surface area contributed by atoms with E-state index in [1.54, 1.807) is 0 Å². The Morgan fingerprint density at radius 2 is 2.23 bits per heavy atom. The molecule has 5 heteroatoms. The third-order valence-electron chi connectivity index (χ3n) is 4.03. The second-order valence-corrected chi connectivity index (χ2v) is 5.63. The zero-order valence-corrected chi connectivity index (χ0v) is 13.2. The fourth-order valence-electron chi connectivity index (χ4n) is 2.80. The van der Waals surface area contributed by atoms with E-state index < -0.39 is 6.10 Å². The summed E-state index contributed by atoms with van der Waals surface area (Å²) in [4.78, 5) is 13.9. The van der Waals surface area contributed by atoms with Gasteiger partial charge in [0.1, 0.15) is 0 Å². The zero-order chi connectivity index (χ0) is 15.8. The van der Waals surface area contributed by atoms with Crippen LogP contribution < -0.4 is 5.32 Å². The Balaban J connectivity index is 1.88. The molecule has 1 aliphatic heterocycles. The van der Waals surface area contributed by atoms with E-state index in [2.05, 4.69) is 10.2 Å². The molecule has 0 aliphatic carbocycles. The van der Waals surface area contributed by atoms with Crippen LogP contribution >= 0.6 is 0 Å². The van der Waals surface area contributed by atoms with E-state index in [4.69, 9.17) is 4.74 Å². The highest BCUT2D eigenvalue weighted by Crippen LogP contribution is 2.22. The molecule has 122 valence electrons. The number of aliphatic hydroxyl groups is 1. The molecule has 0 saturated carbocycles. The molecule has 2 unspecified atom stereocenters. The van der Waals surface area contributed by atoms with Crippen molar-refractivity contribution in [1.29, 1.82) is 0 Å². The topological polar surface area (TPSA) is 61.8 Å². The van der Waals surface area contributed by atoms with Crippen LogP contribution in [0.25, 0.3) is 0 Å². The van der Waals surface area contributed by atoms with Crippen molar-refractivity contribution in [3.05, 3.63) is 35.9 Å². The molecule has 0 radical (unpaired) electrons. The van der Waals surface area contributed by atoms with Crippen LogP contribution in [0.2, 0.25) is 0 Å². The number of morpholine rings is 1. The Kier molecular flexibility index (Phi) is 6.83. The van der Waals surface area contributed by atoms with E-state index in [0.717, 1.165) is 12.1 Å². The minimum Gasteiger partial charge on any atom is -0.388 e. The first kappa shape index (κ1) is 16.9. The van der Waals surface area contributed by atoms with Gasteiger partial charge in [-0.25, -0.2) is 0 Å². The highest BCUT2D eigenvalue weighted by atomic mass is 16.5. The SMILES string of the molecule is CCNC(=O)CCN1CCOCC1CC(O)c1ccccc1. The van der Waals surface area contributed by atoms with Gasteiger partial charge in [0.05, 0.1) is 19.3 Å². The summed E-state index contributed by atoms with van der Waals surface area (Å²) in [5.41, 5.74) is 0.928. The lowest BCUT2D eigenvalue weighted by atomic mass is 10.0. The van der Waals surface area contributed by atoms with Gasteiger partial charge in [-0.2, -0.15) is 0 Å². The van der Waals surface area contributed by atoms with Crippen molar-refractivity contribution in [2.24, 2.45) is 0 Å². The molecule has 1 aliphatic rings. The van der Waals surface area contributed by atoms with Crippen LogP contribution in [0.15, 0.2) is 30.3 Å². The van der Waals surface area contributed by atoms with Crippen molar-refractivity contribution in [2.45, 2.75) is 31.9 Å². The third kappa shape index (κ3) is 5.09. The van der Waals surface area contributed by atoms with Gasteiger partial charge in [0.15, 0.2) is 0 Å². The number of aliphatic hydroxyl groups excluding tert-OH is 1. The summed E-state index contributed by atoms with van der Waals surface area (Å²) in [6.07, 6.45) is 0.616. The maximum absolute atomic E-state index is 11.6. The molecule has 1 aromatic rings. The van der Waals surface area contributed by atoms with E-state index in [9.17, 15) is 9.90 Å². The van der Waals surface area contributed by atoms with Crippen molar-refractivity contribution >= 4 is 5.91 Å². The molecule has 1 aromatic carbocycles. The van der Waals surface area contributed by atoms with Crippen LogP contribution in [0, 0.1) is 0 Å².